The highest BCUT2D eigenvalue weighted by Gasteiger charge is 2.27. The summed E-state index contributed by atoms with van der Waals surface area (Å²) in [4.78, 5) is 13.1. The van der Waals surface area contributed by atoms with Gasteiger partial charge in [-0.3, -0.25) is 9.10 Å². The van der Waals surface area contributed by atoms with Gasteiger partial charge in [0.05, 0.1) is 16.6 Å². The van der Waals surface area contributed by atoms with Crippen molar-refractivity contribution >= 4 is 44.2 Å². The van der Waals surface area contributed by atoms with E-state index >= 15 is 0 Å². The number of benzene rings is 3. The number of aryl methyl sites for hydroxylation is 2. The molecule has 1 amide bonds. The van der Waals surface area contributed by atoms with E-state index in [9.17, 15) is 13.2 Å². The molecular weight excluding hydrogens is 523 g/mol. The average molecular weight is 548 g/mol. The van der Waals surface area contributed by atoms with Crippen LogP contribution in [-0.2, 0) is 14.8 Å². The third-order valence-electron chi connectivity index (χ3n) is 5.00. The van der Waals surface area contributed by atoms with Crippen LogP contribution >= 0.6 is 22.6 Å². The molecule has 0 fully saturated rings. The average Bonchev–Trinajstić information content (AvgIpc) is 2.73. The van der Waals surface area contributed by atoms with Gasteiger partial charge in [-0.25, -0.2) is 8.42 Å². The first-order valence-corrected chi connectivity index (χ1v) is 12.4. The molecule has 3 aromatic carbocycles. The smallest absolute Gasteiger partial charge is 0.264 e. The maximum Gasteiger partial charge on any atom is 0.264 e. The predicted octanol–water partition coefficient (Wildman–Crippen LogP) is 4.98. The summed E-state index contributed by atoms with van der Waals surface area (Å²) in [6.45, 7) is 5.61. The predicted molar refractivity (Wildman–Crippen MR) is 133 cm³/mol. The molecule has 1 atom stereocenters. The normalized spacial score (nSPS) is 12.3. The van der Waals surface area contributed by atoms with Gasteiger partial charge in [-0.15, -0.1) is 0 Å². The number of sulfonamides is 1. The third-order valence-corrected chi connectivity index (χ3v) is 7.51. The van der Waals surface area contributed by atoms with Gasteiger partial charge in [0, 0.05) is 3.57 Å². The number of amides is 1. The van der Waals surface area contributed by atoms with E-state index in [2.05, 4.69) is 34.0 Å². The number of anilines is 1. The number of rotatable bonds is 7. The topological polar surface area (TPSA) is 66.5 Å². The number of halogens is 1. The summed E-state index contributed by atoms with van der Waals surface area (Å²) in [5.74, 6) is -0.370. The molecule has 3 rings (SSSR count). The summed E-state index contributed by atoms with van der Waals surface area (Å²) < 4.78 is 28.8. The molecule has 0 aliphatic carbocycles. The summed E-state index contributed by atoms with van der Waals surface area (Å²) in [5.41, 5.74) is 3.68. The Hall–Kier alpha value is -2.39. The minimum absolute atomic E-state index is 0.142. The molecule has 0 spiro atoms. The number of nitrogens with one attached hydrogen (secondary N) is 1. The lowest BCUT2D eigenvalue weighted by molar-refractivity contribution is -0.120. The van der Waals surface area contributed by atoms with Gasteiger partial charge in [0.2, 0.25) is 5.91 Å². The van der Waals surface area contributed by atoms with Gasteiger partial charge in [-0.05, 0) is 90.9 Å². The zero-order valence-electron chi connectivity index (χ0n) is 17.7. The summed E-state index contributed by atoms with van der Waals surface area (Å²) in [5, 5.41) is 2.95. The van der Waals surface area contributed by atoms with Crippen molar-refractivity contribution in [2.75, 3.05) is 10.8 Å². The molecule has 3 aromatic rings. The van der Waals surface area contributed by atoms with E-state index in [-0.39, 0.29) is 23.4 Å². The van der Waals surface area contributed by atoms with Gasteiger partial charge >= 0.3 is 0 Å². The highest BCUT2D eigenvalue weighted by Crippen LogP contribution is 2.25. The molecule has 0 aliphatic rings. The molecule has 5 nitrogen and oxygen atoms in total. The van der Waals surface area contributed by atoms with E-state index < -0.39 is 10.0 Å². The molecule has 7 heteroatoms. The third kappa shape index (κ3) is 5.65. The minimum Gasteiger partial charge on any atom is -0.348 e. The molecule has 0 aliphatic heterocycles. The molecular formula is C24H25IN2O3S. The first-order chi connectivity index (χ1) is 14.7. The van der Waals surface area contributed by atoms with E-state index in [1.54, 1.807) is 30.3 Å². The van der Waals surface area contributed by atoms with Crippen LogP contribution in [0.4, 0.5) is 5.69 Å². The van der Waals surface area contributed by atoms with Crippen molar-refractivity contribution in [1.82, 2.24) is 5.32 Å². The van der Waals surface area contributed by atoms with Gasteiger partial charge in [0.25, 0.3) is 10.0 Å². The number of hydrogen-bond donors (Lipinski definition) is 1. The Morgan fingerprint density at radius 1 is 1.00 bits per heavy atom. The van der Waals surface area contributed by atoms with Crippen molar-refractivity contribution in [2.45, 2.75) is 31.7 Å². The fourth-order valence-electron chi connectivity index (χ4n) is 3.45. The van der Waals surface area contributed by atoms with Crippen LogP contribution in [0.2, 0.25) is 0 Å². The van der Waals surface area contributed by atoms with Crippen molar-refractivity contribution in [3.05, 3.63) is 93.1 Å². The van der Waals surface area contributed by atoms with Crippen LogP contribution in [0, 0.1) is 17.4 Å². The molecule has 0 heterocycles. The zero-order valence-corrected chi connectivity index (χ0v) is 20.6. The number of nitrogens with zero attached hydrogens (tertiary/aromatic N) is 1. The Morgan fingerprint density at radius 2 is 1.65 bits per heavy atom. The second kappa shape index (κ2) is 9.82. The first-order valence-electron chi connectivity index (χ1n) is 9.88. The molecule has 0 aromatic heterocycles. The van der Waals surface area contributed by atoms with Gasteiger partial charge in [-0.1, -0.05) is 42.0 Å². The second-order valence-electron chi connectivity index (χ2n) is 7.45. The summed E-state index contributed by atoms with van der Waals surface area (Å²) in [7, 11) is -3.91. The highest BCUT2D eigenvalue weighted by molar-refractivity contribution is 14.1. The molecule has 0 saturated heterocycles. The standard InChI is InChI=1S/C24H25IN2O3S/c1-17-9-14-23(18(2)15-17)19(3)26-24(28)16-27(21-12-10-20(25)11-13-21)31(29,30)22-7-5-4-6-8-22/h4-15,19H,16H2,1-3H3,(H,26,28)/t19-/m1/s1. The van der Waals surface area contributed by atoms with E-state index in [1.165, 1.54) is 12.1 Å². The molecule has 0 unspecified atom stereocenters. The minimum atomic E-state index is -3.91. The molecule has 0 radical (unpaired) electrons. The van der Waals surface area contributed by atoms with E-state index in [1.807, 2.05) is 45.0 Å². The quantitative estimate of drug-likeness (QED) is 0.424. The summed E-state index contributed by atoms with van der Waals surface area (Å²) in [6.07, 6.45) is 0. The Bertz CT molecular complexity index is 1160. The Balaban J connectivity index is 1.88. The largest absolute Gasteiger partial charge is 0.348 e. The van der Waals surface area contributed by atoms with Crippen molar-refractivity contribution in [2.24, 2.45) is 0 Å². The highest BCUT2D eigenvalue weighted by atomic mass is 127. The fourth-order valence-corrected chi connectivity index (χ4v) is 5.25. The van der Waals surface area contributed by atoms with Crippen LogP contribution < -0.4 is 9.62 Å². The molecule has 0 saturated carbocycles. The van der Waals surface area contributed by atoms with E-state index in [0.29, 0.717) is 5.69 Å². The fraction of sp³-hybridized carbons (Fsp3) is 0.208. The Kier molecular flexibility index (Phi) is 7.38. The monoisotopic (exact) mass is 548 g/mol. The number of carbonyl (C=O) groups is 1. The van der Waals surface area contributed by atoms with Crippen LogP contribution in [0.5, 0.6) is 0 Å². The molecule has 31 heavy (non-hydrogen) atoms. The van der Waals surface area contributed by atoms with Crippen molar-refractivity contribution in [1.29, 1.82) is 0 Å². The van der Waals surface area contributed by atoms with Gasteiger partial charge in [-0.2, -0.15) is 0 Å². The molecule has 0 bridgehead atoms. The number of carbonyl (C=O) groups excluding carboxylic acids is 1. The molecule has 162 valence electrons. The second-order valence-corrected chi connectivity index (χ2v) is 10.6. The van der Waals surface area contributed by atoms with Crippen LogP contribution in [-0.4, -0.2) is 20.9 Å². The number of hydrogen-bond acceptors (Lipinski definition) is 3. The van der Waals surface area contributed by atoms with Gasteiger partial charge in [0.1, 0.15) is 6.54 Å². The van der Waals surface area contributed by atoms with Crippen LogP contribution in [0.15, 0.2) is 77.7 Å². The van der Waals surface area contributed by atoms with E-state index in [0.717, 1.165) is 24.6 Å². The maximum atomic E-state index is 13.3. The lowest BCUT2D eigenvalue weighted by atomic mass is 10.0. The molecule has 1 N–H and O–H groups in total. The van der Waals surface area contributed by atoms with Crippen LogP contribution in [0.25, 0.3) is 0 Å². The van der Waals surface area contributed by atoms with Crippen LogP contribution in [0.1, 0.15) is 29.7 Å². The summed E-state index contributed by atoms with van der Waals surface area (Å²) >= 11 is 2.16. The van der Waals surface area contributed by atoms with Crippen molar-refractivity contribution < 1.29 is 13.2 Å². The van der Waals surface area contributed by atoms with Crippen molar-refractivity contribution in [3.63, 3.8) is 0 Å². The Morgan fingerprint density at radius 3 is 2.26 bits per heavy atom. The van der Waals surface area contributed by atoms with Gasteiger partial charge in [0.15, 0.2) is 0 Å². The summed E-state index contributed by atoms with van der Waals surface area (Å²) in [6, 6.07) is 21.0. The zero-order chi connectivity index (χ0) is 22.6. The Labute approximate surface area is 197 Å². The lowest BCUT2D eigenvalue weighted by Crippen LogP contribution is -2.41. The van der Waals surface area contributed by atoms with E-state index in [4.69, 9.17) is 0 Å². The van der Waals surface area contributed by atoms with Crippen molar-refractivity contribution in [3.8, 4) is 0 Å². The maximum absolute atomic E-state index is 13.3. The first kappa shape index (κ1) is 23.3. The lowest BCUT2D eigenvalue weighted by Gasteiger charge is -2.25. The van der Waals surface area contributed by atoms with Gasteiger partial charge < -0.3 is 5.32 Å². The SMILES string of the molecule is Cc1ccc([C@@H](C)NC(=O)CN(c2ccc(I)cc2)S(=O)(=O)c2ccccc2)c(C)c1. The van der Waals surface area contributed by atoms with Crippen LogP contribution in [0.3, 0.4) is 0 Å².